The first-order valence-corrected chi connectivity index (χ1v) is 7.46. The number of nitrogens with zero attached hydrogens (tertiary/aromatic N) is 2. The summed E-state index contributed by atoms with van der Waals surface area (Å²) in [5, 5.41) is 0. The standard InChI is InChI=1S/C13H14N2O2.2C2H6/c1-11(16)14-7-8-15(13(17)10-14)9-12-5-3-2-4-6-12;2*1-2/h2-8H,9-10H2,1H3;2*1-2H3. The summed E-state index contributed by atoms with van der Waals surface area (Å²) in [6, 6.07) is 9.76. The molecule has 4 heteroatoms. The minimum absolute atomic E-state index is 0.0634. The third kappa shape index (κ3) is 6.25. The normalized spacial score (nSPS) is 12.9. The molecule has 2 rings (SSSR count). The van der Waals surface area contributed by atoms with Crippen LogP contribution in [0.3, 0.4) is 0 Å². The van der Waals surface area contributed by atoms with E-state index in [1.165, 1.54) is 11.8 Å². The van der Waals surface area contributed by atoms with Crippen LogP contribution in [0.15, 0.2) is 42.7 Å². The molecule has 1 aliphatic heterocycles. The van der Waals surface area contributed by atoms with Gasteiger partial charge in [0.05, 0.1) is 6.54 Å². The summed E-state index contributed by atoms with van der Waals surface area (Å²) in [6.07, 6.45) is 3.30. The molecule has 0 unspecified atom stereocenters. The highest BCUT2D eigenvalue weighted by Gasteiger charge is 2.20. The molecule has 0 spiro atoms. The molecule has 0 aliphatic carbocycles. The van der Waals surface area contributed by atoms with E-state index in [9.17, 15) is 9.59 Å². The Morgan fingerprint density at radius 3 is 2.10 bits per heavy atom. The van der Waals surface area contributed by atoms with Crippen molar-refractivity contribution in [1.82, 2.24) is 9.80 Å². The molecular formula is C17H26N2O2. The van der Waals surface area contributed by atoms with E-state index in [1.54, 1.807) is 17.3 Å². The van der Waals surface area contributed by atoms with E-state index >= 15 is 0 Å². The van der Waals surface area contributed by atoms with Crippen molar-refractivity contribution < 1.29 is 9.59 Å². The van der Waals surface area contributed by atoms with Crippen LogP contribution in [0.4, 0.5) is 0 Å². The van der Waals surface area contributed by atoms with Crippen molar-refractivity contribution in [3.05, 3.63) is 48.3 Å². The van der Waals surface area contributed by atoms with E-state index in [4.69, 9.17) is 0 Å². The summed E-state index contributed by atoms with van der Waals surface area (Å²) in [5.74, 6) is -0.180. The van der Waals surface area contributed by atoms with Gasteiger partial charge in [-0.15, -0.1) is 0 Å². The summed E-state index contributed by atoms with van der Waals surface area (Å²) in [7, 11) is 0. The zero-order valence-corrected chi connectivity index (χ0v) is 13.7. The lowest BCUT2D eigenvalue weighted by Gasteiger charge is -2.27. The summed E-state index contributed by atoms with van der Waals surface area (Å²) < 4.78 is 0. The maximum atomic E-state index is 11.8. The first-order valence-electron chi connectivity index (χ1n) is 7.46. The SMILES string of the molecule is CC.CC.CC(=O)N1C=CN(Cc2ccccc2)C(=O)C1. The molecule has 0 fully saturated rings. The zero-order valence-electron chi connectivity index (χ0n) is 13.7. The van der Waals surface area contributed by atoms with Gasteiger partial charge in [-0.05, 0) is 5.56 Å². The minimum atomic E-state index is -0.117. The highest BCUT2D eigenvalue weighted by atomic mass is 16.2. The number of hydrogen-bond donors (Lipinski definition) is 0. The summed E-state index contributed by atoms with van der Waals surface area (Å²) in [5.41, 5.74) is 1.07. The highest BCUT2D eigenvalue weighted by Crippen LogP contribution is 2.10. The Labute approximate surface area is 128 Å². The summed E-state index contributed by atoms with van der Waals surface area (Å²) in [4.78, 5) is 25.9. The molecule has 1 aromatic rings. The van der Waals surface area contributed by atoms with Crippen LogP contribution in [0.25, 0.3) is 0 Å². The maximum Gasteiger partial charge on any atom is 0.246 e. The third-order valence-corrected chi connectivity index (χ3v) is 2.65. The van der Waals surface area contributed by atoms with Gasteiger partial charge in [-0.25, -0.2) is 0 Å². The fraction of sp³-hybridized carbons (Fsp3) is 0.412. The van der Waals surface area contributed by atoms with Crippen molar-refractivity contribution in [2.45, 2.75) is 41.2 Å². The Kier molecular flexibility index (Phi) is 9.59. The number of rotatable bonds is 2. The Morgan fingerprint density at radius 1 is 1.05 bits per heavy atom. The number of carbonyl (C=O) groups is 2. The van der Waals surface area contributed by atoms with Gasteiger partial charge in [-0.1, -0.05) is 58.0 Å². The Hall–Kier alpha value is -2.10. The van der Waals surface area contributed by atoms with Crippen LogP contribution in [0.1, 0.15) is 40.2 Å². The van der Waals surface area contributed by atoms with Crippen molar-refractivity contribution in [2.75, 3.05) is 6.54 Å². The molecule has 0 N–H and O–H groups in total. The molecule has 2 amide bonds. The van der Waals surface area contributed by atoms with E-state index < -0.39 is 0 Å². The molecule has 0 radical (unpaired) electrons. The summed E-state index contributed by atoms with van der Waals surface area (Å²) in [6.45, 7) is 10.1. The highest BCUT2D eigenvalue weighted by molar-refractivity contribution is 5.86. The first kappa shape index (κ1) is 18.9. The van der Waals surface area contributed by atoms with Crippen LogP contribution in [-0.2, 0) is 16.1 Å². The van der Waals surface area contributed by atoms with E-state index in [1.807, 2.05) is 58.0 Å². The molecule has 1 heterocycles. The smallest absolute Gasteiger partial charge is 0.246 e. The van der Waals surface area contributed by atoms with Gasteiger partial charge in [0, 0.05) is 19.3 Å². The lowest BCUT2D eigenvalue weighted by atomic mass is 10.2. The monoisotopic (exact) mass is 290 g/mol. The van der Waals surface area contributed by atoms with Gasteiger partial charge >= 0.3 is 0 Å². The van der Waals surface area contributed by atoms with Crippen molar-refractivity contribution in [3.8, 4) is 0 Å². The predicted molar refractivity (Wildman–Crippen MR) is 86.2 cm³/mol. The van der Waals surface area contributed by atoms with Crippen molar-refractivity contribution in [1.29, 1.82) is 0 Å². The van der Waals surface area contributed by atoms with Crippen LogP contribution in [0.5, 0.6) is 0 Å². The van der Waals surface area contributed by atoms with Gasteiger partial charge in [-0.3, -0.25) is 9.59 Å². The van der Waals surface area contributed by atoms with Crippen LogP contribution >= 0.6 is 0 Å². The number of hydrogen-bond acceptors (Lipinski definition) is 2. The summed E-state index contributed by atoms with van der Waals surface area (Å²) >= 11 is 0. The molecule has 0 saturated heterocycles. The number of carbonyl (C=O) groups excluding carboxylic acids is 2. The molecule has 116 valence electrons. The zero-order chi connectivity index (χ0) is 16.3. The average Bonchev–Trinajstić information content (AvgIpc) is 2.54. The van der Waals surface area contributed by atoms with Gasteiger partial charge in [0.15, 0.2) is 0 Å². The number of benzene rings is 1. The Balaban J connectivity index is 0.000000921. The second-order valence-electron chi connectivity index (χ2n) is 3.95. The Bertz CT molecular complexity index is 455. The second-order valence-corrected chi connectivity index (χ2v) is 3.95. The van der Waals surface area contributed by atoms with Gasteiger partial charge in [0.25, 0.3) is 0 Å². The molecule has 1 aromatic carbocycles. The molecule has 0 atom stereocenters. The largest absolute Gasteiger partial charge is 0.312 e. The molecule has 21 heavy (non-hydrogen) atoms. The molecule has 4 nitrogen and oxygen atoms in total. The van der Waals surface area contributed by atoms with Crippen molar-refractivity contribution in [2.24, 2.45) is 0 Å². The molecule has 0 aromatic heterocycles. The van der Waals surface area contributed by atoms with Crippen molar-refractivity contribution in [3.63, 3.8) is 0 Å². The molecular weight excluding hydrogens is 264 g/mol. The van der Waals surface area contributed by atoms with Crippen LogP contribution in [0.2, 0.25) is 0 Å². The second kappa shape index (κ2) is 10.7. The van der Waals surface area contributed by atoms with Gasteiger partial charge in [0.2, 0.25) is 11.8 Å². The van der Waals surface area contributed by atoms with E-state index in [-0.39, 0.29) is 18.4 Å². The maximum absolute atomic E-state index is 11.8. The topological polar surface area (TPSA) is 40.6 Å². The van der Waals surface area contributed by atoms with Gasteiger partial charge in [-0.2, -0.15) is 0 Å². The molecule has 1 aliphatic rings. The predicted octanol–water partition coefficient (Wildman–Crippen LogP) is 3.40. The number of amides is 2. The minimum Gasteiger partial charge on any atom is -0.312 e. The van der Waals surface area contributed by atoms with E-state index in [0.29, 0.717) is 6.54 Å². The van der Waals surface area contributed by atoms with Crippen LogP contribution in [0, 0.1) is 0 Å². The van der Waals surface area contributed by atoms with Crippen molar-refractivity contribution >= 4 is 11.8 Å². The lowest BCUT2D eigenvalue weighted by molar-refractivity contribution is -0.137. The quantitative estimate of drug-likeness (QED) is 0.837. The van der Waals surface area contributed by atoms with Gasteiger partial charge in [0.1, 0.15) is 6.54 Å². The molecule has 0 bridgehead atoms. The van der Waals surface area contributed by atoms with Gasteiger partial charge < -0.3 is 9.80 Å². The van der Waals surface area contributed by atoms with Crippen LogP contribution in [-0.4, -0.2) is 28.2 Å². The third-order valence-electron chi connectivity index (χ3n) is 2.65. The fourth-order valence-corrected chi connectivity index (χ4v) is 1.67. The van der Waals surface area contributed by atoms with E-state index in [0.717, 1.165) is 5.56 Å². The average molecular weight is 290 g/mol. The lowest BCUT2D eigenvalue weighted by Crippen LogP contribution is -2.41. The van der Waals surface area contributed by atoms with Crippen LogP contribution < -0.4 is 0 Å². The molecule has 0 saturated carbocycles. The van der Waals surface area contributed by atoms with E-state index in [2.05, 4.69) is 0 Å². The fourth-order valence-electron chi connectivity index (χ4n) is 1.67. The first-order chi connectivity index (χ1) is 10.2. The Morgan fingerprint density at radius 2 is 1.62 bits per heavy atom.